The van der Waals surface area contributed by atoms with E-state index in [2.05, 4.69) is 0 Å². The van der Waals surface area contributed by atoms with E-state index in [0.717, 1.165) is 11.3 Å². The van der Waals surface area contributed by atoms with E-state index in [1.165, 1.54) is 4.31 Å². The van der Waals surface area contributed by atoms with E-state index in [4.69, 9.17) is 0 Å². The van der Waals surface area contributed by atoms with E-state index in [1.807, 2.05) is 30.4 Å². The molecule has 0 N–H and O–H groups in total. The maximum Gasteiger partial charge on any atom is 0.265 e. The summed E-state index contributed by atoms with van der Waals surface area (Å²) in [6.07, 6.45) is 5.57. The van der Waals surface area contributed by atoms with Crippen molar-refractivity contribution in [1.29, 1.82) is 0 Å². The Hall–Kier alpha value is -1.55. The number of hydrogen-bond donors (Lipinski definition) is 0. The predicted octanol–water partition coefficient (Wildman–Crippen LogP) is 1.60. The zero-order valence-corrected chi connectivity index (χ0v) is 8.74. The molecule has 0 unspecified atom stereocenters. The van der Waals surface area contributed by atoms with Crippen molar-refractivity contribution in [2.45, 2.75) is 4.90 Å². The van der Waals surface area contributed by atoms with Crippen molar-refractivity contribution >= 4 is 15.7 Å². The first-order valence-corrected chi connectivity index (χ1v) is 6.14. The molecule has 0 fully saturated rings. The Morgan fingerprint density at radius 2 is 2.00 bits per heavy atom. The van der Waals surface area contributed by atoms with Crippen LogP contribution in [0.15, 0.2) is 47.4 Å². The molecule has 2 aliphatic heterocycles. The Labute approximate surface area is 88.4 Å². The summed E-state index contributed by atoms with van der Waals surface area (Å²) in [5.74, 6) is 0. The summed E-state index contributed by atoms with van der Waals surface area (Å²) < 4.78 is 25.6. The summed E-state index contributed by atoms with van der Waals surface area (Å²) >= 11 is 0. The molecular formula is C11H9NO2S. The van der Waals surface area contributed by atoms with Gasteiger partial charge in [0.05, 0.1) is 17.1 Å². The Kier molecular flexibility index (Phi) is 1.59. The number of nitrogens with zero attached hydrogens (tertiary/aromatic N) is 1. The van der Waals surface area contributed by atoms with Gasteiger partial charge in [-0.25, -0.2) is 8.42 Å². The lowest BCUT2D eigenvalue weighted by atomic mass is 10.1. The van der Waals surface area contributed by atoms with Gasteiger partial charge >= 0.3 is 0 Å². The first-order valence-electron chi connectivity index (χ1n) is 4.70. The van der Waals surface area contributed by atoms with Crippen LogP contribution in [0.4, 0.5) is 0 Å². The van der Waals surface area contributed by atoms with E-state index in [-0.39, 0.29) is 0 Å². The quantitative estimate of drug-likeness (QED) is 0.664. The second kappa shape index (κ2) is 2.73. The van der Waals surface area contributed by atoms with Crippen LogP contribution in [-0.2, 0) is 10.0 Å². The van der Waals surface area contributed by atoms with Gasteiger partial charge in [-0.05, 0) is 12.1 Å². The SMILES string of the molecule is O=S1(=O)c2ccccc2C2=CC=CCN21. The minimum atomic E-state index is -3.29. The molecule has 3 nitrogen and oxygen atoms in total. The third-order valence-corrected chi connectivity index (χ3v) is 4.50. The van der Waals surface area contributed by atoms with Gasteiger partial charge in [0, 0.05) is 5.56 Å². The molecule has 15 heavy (non-hydrogen) atoms. The molecule has 1 aromatic rings. The molecule has 0 radical (unpaired) electrons. The number of rotatable bonds is 0. The number of hydrogen-bond acceptors (Lipinski definition) is 2. The lowest BCUT2D eigenvalue weighted by Gasteiger charge is -2.19. The minimum Gasteiger partial charge on any atom is -0.262 e. The molecule has 3 rings (SSSR count). The van der Waals surface area contributed by atoms with Crippen LogP contribution in [0.25, 0.3) is 5.70 Å². The standard InChI is InChI=1S/C11H9NO2S/c13-15(14)11-7-2-1-5-9(11)10-6-3-4-8-12(10)15/h1-7H,8H2. The maximum absolute atomic E-state index is 12.1. The van der Waals surface area contributed by atoms with Crippen molar-refractivity contribution in [3.8, 4) is 0 Å². The molecular weight excluding hydrogens is 210 g/mol. The topological polar surface area (TPSA) is 37.4 Å². The predicted molar refractivity (Wildman–Crippen MR) is 57.5 cm³/mol. The monoisotopic (exact) mass is 219 g/mol. The second-order valence-corrected chi connectivity index (χ2v) is 5.34. The summed E-state index contributed by atoms with van der Waals surface area (Å²) in [4.78, 5) is 0.417. The van der Waals surface area contributed by atoms with E-state index in [0.29, 0.717) is 11.4 Å². The van der Waals surface area contributed by atoms with Gasteiger partial charge in [-0.3, -0.25) is 4.31 Å². The normalized spacial score (nSPS) is 20.8. The van der Waals surface area contributed by atoms with E-state index >= 15 is 0 Å². The van der Waals surface area contributed by atoms with Gasteiger partial charge in [-0.15, -0.1) is 0 Å². The van der Waals surface area contributed by atoms with Gasteiger partial charge in [0.2, 0.25) is 0 Å². The average Bonchev–Trinajstić information content (AvgIpc) is 2.51. The van der Waals surface area contributed by atoms with Crippen LogP contribution < -0.4 is 0 Å². The Bertz CT molecular complexity index is 584. The number of sulfonamides is 1. The van der Waals surface area contributed by atoms with Gasteiger partial charge in [0.25, 0.3) is 10.0 Å². The highest BCUT2D eigenvalue weighted by Crippen LogP contribution is 2.39. The molecule has 0 atom stereocenters. The smallest absolute Gasteiger partial charge is 0.262 e. The van der Waals surface area contributed by atoms with Crippen molar-refractivity contribution in [1.82, 2.24) is 4.31 Å². The highest BCUT2D eigenvalue weighted by atomic mass is 32.2. The van der Waals surface area contributed by atoms with Gasteiger partial charge in [-0.1, -0.05) is 30.4 Å². The molecule has 76 valence electrons. The molecule has 0 aromatic heterocycles. The van der Waals surface area contributed by atoms with Crippen LogP contribution in [0.3, 0.4) is 0 Å². The van der Waals surface area contributed by atoms with E-state index in [9.17, 15) is 8.42 Å². The molecule has 0 bridgehead atoms. The highest BCUT2D eigenvalue weighted by molar-refractivity contribution is 7.90. The fraction of sp³-hybridized carbons (Fsp3) is 0.0909. The van der Waals surface area contributed by atoms with E-state index < -0.39 is 10.0 Å². The summed E-state index contributed by atoms with van der Waals surface area (Å²) in [6.45, 7) is 0.433. The van der Waals surface area contributed by atoms with Crippen LogP contribution in [0.5, 0.6) is 0 Å². The molecule has 0 saturated carbocycles. The summed E-state index contributed by atoms with van der Waals surface area (Å²) in [5, 5.41) is 0. The second-order valence-electron chi connectivity index (χ2n) is 3.51. The van der Waals surface area contributed by atoms with Crippen LogP contribution in [0.2, 0.25) is 0 Å². The van der Waals surface area contributed by atoms with Gasteiger partial charge < -0.3 is 0 Å². The van der Waals surface area contributed by atoms with Crippen LogP contribution >= 0.6 is 0 Å². The first-order chi connectivity index (χ1) is 7.21. The molecule has 2 heterocycles. The first kappa shape index (κ1) is 8.73. The van der Waals surface area contributed by atoms with Crippen molar-refractivity contribution in [2.75, 3.05) is 6.54 Å². The molecule has 0 amide bonds. The molecule has 4 heteroatoms. The Balaban J connectivity index is 2.37. The zero-order chi connectivity index (χ0) is 10.5. The highest BCUT2D eigenvalue weighted by Gasteiger charge is 2.37. The minimum absolute atomic E-state index is 0.417. The van der Waals surface area contributed by atoms with Gasteiger partial charge in [0.1, 0.15) is 0 Å². The number of fused-ring (bicyclic) bond motifs is 3. The van der Waals surface area contributed by atoms with E-state index in [1.54, 1.807) is 12.1 Å². The molecule has 0 saturated heterocycles. The number of allylic oxidation sites excluding steroid dienone is 2. The van der Waals surface area contributed by atoms with Crippen LogP contribution in [0, 0.1) is 0 Å². The lowest BCUT2D eigenvalue weighted by molar-refractivity contribution is 0.540. The van der Waals surface area contributed by atoms with Crippen molar-refractivity contribution < 1.29 is 8.42 Å². The average molecular weight is 219 g/mol. The largest absolute Gasteiger partial charge is 0.265 e. The zero-order valence-electron chi connectivity index (χ0n) is 7.92. The number of benzene rings is 1. The Morgan fingerprint density at radius 3 is 2.87 bits per heavy atom. The molecule has 0 spiro atoms. The van der Waals surface area contributed by atoms with Crippen molar-refractivity contribution in [2.24, 2.45) is 0 Å². The summed E-state index contributed by atoms with van der Waals surface area (Å²) in [6, 6.07) is 7.11. The lowest BCUT2D eigenvalue weighted by Crippen LogP contribution is -2.24. The summed E-state index contributed by atoms with van der Waals surface area (Å²) in [7, 11) is -3.29. The Morgan fingerprint density at radius 1 is 1.20 bits per heavy atom. The van der Waals surface area contributed by atoms with Gasteiger partial charge in [0.15, 0.2) is 0 Å². The maximum atomic E-state index is 12.1. The summed E-state index contributed by atoms with van der Waals surface area (Å²) in [5.41, 5.74) is 1.59. The van der Waals surface area contributed by atoms with Gasteiger partial charge in [-0.2, -0.15) is 0 Å². The third kappa shape index (κ3) is 1.02. The molecule has 1 aromatic carbocycles. The van der Waals surface area contributed by atoms with Crippen molar-refractivity contribution in [3.63, 3.8) is 0 Å². The third-order valence-electron chi connectivity index (χ3n) is 2.66. The molecule has 2 aliphatic rings. The fourth-order valence-corrected chi connectivity index (χ4v) is 3.61. The fourth-order valence-electron chi connectivity index (χ4n) is 1.97. The van der Waals surface area contributed by atoms with Crippen molar-refractivity contribution in [3.05, 3.63) is 48.1 Å². The van der Waals surface area contributed by atoms with Crippen LogP contribution in [0.1, 0.15) is 5.56 Å². The molecule has 0 aliphatic carbocycles. The van der Waals surface area contributed by atoms with Crippen LogP contribution in [-0.4, -0.2) is 19.3 Å².